The zero-order valence-electron chi connectivity index (χ0n) is 11.0. The highest BCUT2D eigenvalue weighted by atomic mass is 16.5. The Morgan fingerprint density at radius 3 is 2.62 bits per heavy atom. The summed E-state index contributed by atoms with van der Waals surface area (Å²) in [6.45, 7) is 8.13. The standard InChI is InChI=1S/C13H28N2O/c1-3-13(12-16-2)14-8-4-5-9-15-10-6-7-11-15/h13-14H,3-12H2,1-2H3. The Hall–Kier alpha value is -0.120. The van der Waals surface area contributed by atoms with Gasteiger partial charge >= 0.3 is 0 Å². The van der Waals surface area contributed by atoms with Crippen LogP contribution in [0.15, 0.2) is 0 Å². The molecule has 3 nitrogen and oxygen atoms in total. The molecule has 0 aromatic rings. The third-order valence-corrected chi connectivity index (χ3v) is 3.39. The maximum atomic E-state index is 5.16. The molecule has 1 heterocycles. The fourth-order valence-corrected chi connectivity index (χ4v) is 2.30. The highest BCUT2D eigenvalue weighted by Gasteiger charge is 2.10. The molecule has 16 heavy (non-hydrogen) atoms. The van der Waals surface area contributed by atoms with E-state index in [-0.39, 0.29) is 0 Å². The van der Waals surface area contributed by atoms with Crippen molar-refractivity contribution in [3.8, 4) is 0 Å². The number of hydrogen-bond donors (Lipinski definition) is 1. The Bertz CT molecular complexity index is 158. The third kappa shape index (κ3) is 5.83. The van der Waals surface area contributed by atoms with Gasteiger partial charge in [0.15, 0.2) is 0 Å². The summed E-state index contributed by atoms with van der Waals surface area (Å²) in [5, 5.41) is 3.55. The van der Waals surface area contributed by atoms with Crippen molar-refractivity contribution in [3.63, 3.8) is 0 Å². The minimum Gasteiger partial charge on any atom is -0.383 e. The Morgan fingerprint density at radius 1 is 1.25 bits per heavy atom. The molecule has 1 aliphatic heterocycles. The number of ether oxygens (including phenoxy) is 1. The number of nitrogens with one attached hydrogen (secondary N) is 1. The molecule has 1 unspecified atom stereocenters. The first kappa shape index (κ1) is 13.9. The van der Waals surface area contributed by atoms with Crippen LogP contribution in [0.3, 0.4) is 0 Å². The molecular weight excluding hydrogens is 200 g/mol. The summed E-state index contributed by atoms with van der Waals surface area (Å²) in [5.41, 5.74) is 0. The Labute approximate surface area is 101 Å². The van der Waals surface area contributed by atoms with E-state index >= 15 is 0 Å². The van der Waals surface area contributed by atoms with E-state index in [1.54, 1.807) is 7.11 Å². The van der Waals surface area contributed by atoms with Crippen LogP contribution in [-0.2, 0) is 4.74 Å². The van der Waals surface area contributed by atoms with E-state index < -0.39 is 0 Å². The molecule has 1 fully saturated rings. The average Bonchev–Trinajstić information content (AvgIpc) is 2.80. The maximum absolute atomic E-state index is 5.16. The van der Waals surface area contributed by atoms with Crippen molar-refractivity contribution in [3.05, 3.63) is 0 Å². The van der Waals surface area contributed by atoms with E-state index in [4.69, 9.17) is 4.74 Å². The average molecular weight is 228 g/mol. The van der Waals surface area contributed by atoms with Crippen LogP contribution < -0.4 is 5.32 Å². The lowest BCUT2D eigenvalue weighted by Crippen LogP contribution is -2.33. The van der Waals surface area contributed by atoms with E-state index in [0.29, 0.717) is 6.04 Å². The maximum Gasteiger partial charge on any atom is 0.0615 e. The van der Waals surface area contributed by atoms with Gasteiger partial charge in [0.2, 0.25) is 0 Å². The molecule has 1 N–H and O–H groups in total. The zero-order chi connectivity index (χ0) is 11.6. The van der Waals surface area contributed by atoms with Crippen molar-refractivity contribution in [2.75, 3.05) is 39.9 Å². The van der Waals surface area contributed by atoms with Crippen LogP contribution in [0.1, 0.15) is 39.0 Å². The van der Waals surface area contributed by atoms with Crippen LogP contribution in [0.5, 0.6) is 0 Å². The molecular formula is C13H28N2O. The molecule has 1 atom stereocenters. The largest absolute Gasteiger partial charge is 0.383 e. The second-order valence-electron chi connectivity index (χ2n) is 4.77. The van der Waals surface area contributed by atoms with Gasteiger partial charge in [-0.2, -0.15) is 0 Å². The van der Waals surface area contributed by atoms with Crippen molar-refractivity contribution >= 4 is 0 Å². The molecule has 0 bridgehead atoms. The fourth-order valence-electron chi connectivity index (χ4n) is 2.30. The Balaban J connectivity index is 1.89. The van der Waals surface area contributed by atoms with Crippen molar-refractivity contribution in [1.29, 1.82) is 0 Å². The summed E-state index contributed by atoms with van der Waals surface area (Å²) in [6, 6.07) is 0.539. The lowest BCUT2D eigenvalue weighted by molar-refractivity contribution is 0.164. The van der Waals surface area contributed by atoms with Gasteiger partial charge in [-0.05, 0) is 58.3 Å². The minimum absolute atomic E-state index is 0.539. The molecule has 1 aliphatic rings. The predicted octanol–water partition coefficient (Wildman–Crippen LogP) is 1.88. The first-order valence-corrected chi connectivity index (χ1v) is 6.81. The first-order valence-electron chi connectivity index (χ1n) is 6.81. The molecule has 0 radical (unpaired) electrons. The second kappa shape index (κ2) is 8.97. The third-order valence-electron chi connectivity index (χ3n) is 3.39. The highest BCUT2D eigenvalue weighted by Crippen LogP contribution is 2.07. The van der Waals surface area contributed by atoms with E-state index in [2.05, 4.69) is 17.1 Å². The molecule has 3 heteroatoms. The lowest BCUT2D eigenvalue weighted by Gasteiger charge is -2.17. The minimum atomic E-state index is 0.539. The summed E-state index contributed by atoms with van der Waals surface area (Å²) in [5.74, 6) is 0. The van der Waals surface area contributed by atoms with Gasteiger partial charge in [0, 0.05) is 13.2 Å². The Morgan fingerprint density at radius 2 is 2.00 bits per heavy atom. The fraction of sp³-hybridized carbons (Fsp3) is 1.00. The molecule has 0 saturated carbocycles. The van der Waals surface area contributed by atoms with Crippen molar-refractivity contribution in [2.24, 2.45) is 0 Å². The highest BCUT2D eigenvalue weighted by molar-refractivity contribution is 4.67. The molecule has 0 amide bonds. The van der Waals surface area contributed by atoms with E-state index in [1.165, 1.54) is 45.3 Å². The molecule has 0 aromatic heterocycles. The van der Waals surface area contributed by atoms with Crippen LogP contribution >= 0.6 is 0 Å². The lowest BCUT2D eigenvalue weighted by atomic mass is 10.2. The van der Waals surface area contributed by atoms with Crippen molar-refractivity contribution in [1.82, 2.24) is 10.2 Å². The zero-order valence-corrected chi connectivity index (χ0v) is 11.0. The normalized spacial score (nSPS) is 19.1. The van der Waals surface area contributed by atoms with Gasteiger partial charge in [0.25, 0.3) is 0 Å². The Kier molecular flexibility index (Phi) is 7.81. The van der Waals surface area contributed by atoms with Crippen LogP contribution in [0.25, 0.3) is 0 Å². The summed E-state index contributed by atoms with van der Waals surface area (Å²) >= 11 is 0. The number of likely N-dealkylation sites (tertiary alicyclic amines) is 1. The first-order chi connectivity index (χ1) is 7.86. The van der Waals surface area contributed by atoms with E-state index in [9.17, 15) is 0 Å². The number of hydrogen-bond acceptors (Lipinski definition) is 3. The second-order valence-corrected chi connectivity index (χ2v) is 4.77. The van der Waals surface area contributed by atoms with Gasteiger partial charge in [0.1, 0.15) is 0 Å². The monoisotopic (exact) mass is 228 g/mol. The molecule has 0 spiro atoms. The summed E-state index contributed by atoms with van der Waals surface area (Å²) in [6.07, 6.45) is 6.58. The van der Waals surface area contributed by atoms with Gasteiger partial charge in [-0.15, -0.1) is 0 Å². The van der Waals surface area contributed by atoms with Gasteiger partial charge in [-0.25, -0.2) is 0 Å². The van der Waals surface area contributed by atoms with Crippen molar-refractivity contribution in [2.45, 2.75) is 45.1 Å². The van der Waals surface area contributed by atoms with Crippen LogP contribution in [0.4, 0.5) is 0 Å². The summed E-state index contributed by atoms with van der Waals surface area (Å²) in [7, 11) is 1.78. The number of nitrogens with zero attached hydrogens (tertiary/aromatic N) is 1. The number of unbranched alkanes of at least 4 members (excludes halogenated alkanes) is 1. The number of methoxy groups -OCH3 is 1. The van der Waals surface area contributed by atoms with E-state index in [1.807, 2.05) is 0 Å². The van der Waals surface area contributed by atoms with E-state index in [0.717, 1.165) is 19.6 Å². The summed E-state index contributed by atoms with van der Waals surface area (Å²) in [4.78, 5) is 2.59. The van der Waals surface area contributed by atoms with Crippen molar-refractivity contribution < 1.29 is 4.74 Å². The van der Waals surface area contributed by atoms with Gasteiger partial charge in [-0.1, -0.05) is 6.92 Å². The molecule has 1 rings (SSSR count). The van der Waals surface area contributed by atoms with Gasteiger partial charge in [0.05, 0.1) is 6.61 Å². The molecule has 1 saturated heterocycles. The van der Waals surface area contributed by atoms with Crippen LogP contribution in [-0.4, -0.2) is 50.8 Å². The summed E-state index contributed by atoms with van der Waals surface area (Å²) < 4.78 is 5.16. The SMILES string of the molecule is CCC(COC)NCCCCN1CCCC1. The molecule has 0 aliphatic carbocycles. The quantitative estimate of drug-likeness (QED) is 0.610. The number of rotatable bonds is 9. The van der Waals surface area contributed by atoms with Gasteiger partial charge in [-0.3, -0.25) is 0 Å². The topological polar surface area (TPSA) is 24.5 Å². The molecule has 0 aromatic carbocycles. The van der Waals surface area contributed by atoms with Gasteiger partial charge < -0.3 is 15.0 Å². The van der Waals surface area contributed by atoms with Crippen LogP contribution in [0.2, 0.25) is 0 Å². The smallest absolute Gasteiger partial charge is 0.0615 e. The van der Waals surface area contributed by atoms with Crippen LogP contribution in [0, 0.1) is 0 Å². The molecule has 96 valence electrons. The predicted molar refractivity (Wildman–Crippen MR) is 68.9 cm³/mol.